The molecule has 9 aromatic carbocycles. The lowest BCUT2D eigenvalue weighted by Crippen LogP contribution is -2.02. The summed E-state index contributed by atoms with van der Waals surface area (Å²) in [5.41, 5.74) is 10.5. The molecule has 3 heterocycles. The first-order valence-corrected chi connectivity index (χ1v) is 19.6. The van der Waals surface area contributed by atoms with E-state index in [1.54, 1.807) is 6.26 Å². The number of benzene rings is 9. The first-order chi connectivity index (χ1) is 28.7. The molecule has 0 aliphatic carbocycles. The van der Waals surface area contributed by atoms with Crippen LogP contribution in [0.25, 0.3) is 116 Å². The molecule has 0 unspecified atom stereocenters. The number of fused-ring (bicyclic) bond motifs is 10. The fourth-order valence-corrected chi connectivity index (χ4v) is 8.93. The van der Waals surface area contributed by atoms with Gasteiger partial charge in [-0.1, -0.05) is 152 Å². The molecule has 0 radical (unpaired) electrons. The Balaban J connectivity index is 1.19. The minimum atomic E-state index is 0.684. The number of rotatable bonds is 5. The summed E-state index contributed by atoms with van der Waals surface area (Å²) < 4.78 is 8.34. The normalized spacial score (nSPS) is 11.8. The van der Waals surface area contributed by atoms with Gasteiger partial charge in [-0.3, -0.25) is 4.57 Å². The molecule has 12 aromatic rings. The Labute approximate surface area is 333 Å². The summed E-state index contributed by atoms with van der Waals surface area (Å²) in [7, 11) is 0. The first kappa shape index (κ1) is 32.4. The predicted octanol–water partition coefficient (Wildman–Crippen LogP) is 14.4. The van der Waals surface area contributed by atoms with Crippen LogP contribution in [0.15, 0.2) is 205 Å². The lowest BCUT2D eigenvalue weighted by molar-refractivity contribution is 0.617. The minimum absolute atomic E-state index is 0.684. The highest BCUT2D eigenvalue weighted by atomic mass is 16.3. The van der Waals surface area contributed by atoms with Crippen LogP contribution >= 0.6 is 0 Å². The molecule has 3 aromatic heterocycles. The van der Waals surface area contributed by atoms with Crippen molar-refractivity contribution in [2.45, 2.75) is 0 Å². The molecule has 0 bridgehead atoms. The molecule has 0 saturated carbocycles. The molecular formula is C54H33N3O. The number of nitrogens with zero attached hydrogens (tertiary/aromatic N) is 3. The van der Waals surface area contributed by atoms with Crippen molar-refractivity contribution in [1.29, 1.82) is 0 Å². The van der Waals surface area contributed by atoms with E-state index in [0.717, 1.165) is 55.8 Å². The molecule has 4 heteroatoms. The summed E-state index contributed by atoms with van der Waals surface area (Å²) in [6, 6.07) is 69.1. The molecule has 0 aliphatic rings. The van der Waals surface area contributed by atoms with Crippen molar-refractivity contribution < 1.29 is 4.42 Å². The van der Waals surface area contributed by atoms with E-state index in [4.69, 9.17) is 14.4 Å². The first-order valence-electron chi connectivity index (χ1n) is 19.6. The van der Waals surface area contributed by atoms with E-state index in [1.165, 1.54) is 54.2 Å². The van der Waals surface area contributed by atoms with Gasteiger partial charge in [0.2, 0.25) is 0 Å². The second kappa shape index (κ2) is 12.9. The SMILES string of the molecule is c1ccc(-c2ccc3c(c2)c2cc4c5ccccc5c5cc(-c6cccc7ccoc67)ccc5c4cc2n3-c2cc(-c3ccccc3)nc(-c3ccccc3)n2)cc1. The minimum Gasteiger partial charge on any atom is -0.464 e. The van der Waals surface area contributed by atoms with E-state index in [2.05, 4.69) is 168 Å². The number of aromatic nitrogens is 3. The van der Waals surface area contributed by atoms with Gasteiger partial charge in [0.25, 0.3) is 0 Å². The monoisotopic (exact) mass is 739 g/mol. The molecule has 270 valence electrons. The van der Waals surface area contributed by atoms with Crippen LogP contribution in [-0.2, 0) is 0 Å². The van der Waals surface area contributed by atoms with Crippen molar-refractivity contribution >= 4 is 65.1 Å². The van der Waals surface area contributed by atoms with Crippen molar-refractivity contribution in [3.05, 3.63) is 200 Å². The van der Waals surface area contributed by atoms with Crippen LogP contribution in [0.2, 0.25) is 0 Å². The Bertz CT molecular complexity index is 3490. The van der Waals surface area contributed by atoms with Gasteiger partial charge in [-0.2, -0.15) is 0 Å². The van der Waals surface area contributed by atoms with E-state index in [-0.39, 0.29) is 0 Å². The van der Waals surface area contributed by atoms with Gasteiger partial charge in [0.15, 0.2) is 5.82 Å². The van der Waals surface area contributed by atoms with Crippen molar-refractivity contribution in [3.8, 4) is 50.7 Å². The Kier molecular flexibility index (Phi) is 7.20. The maximum Gasteiger partial charge on any atom is 0.162 e. The van der Waals surface area contributed by atoms with Gasteiger partial charge in [-0.25, -0.2) is 9.97 Å². The van der Waals surface area contributed by atoms with Crippen LogP contribution in [-0.4, -0.2) is 14.5 Å². The molecule has 0 N–H and O–H groups in total. The van der Waals surface area contributed by atoms with E-state index < -0.39 is 0 Å². The van der Waals surface area contributed by atoms with Gasteiger partial charge in [0.1, 0.15) is 11.4 Å². The fraction of sp³-hybridized carbons (Fsp3) is 0. The van der Waals surface area contributed by atoms with Crippen LogP contribution in [0, 0.1) is 0 Å². The largest absolute Gasteiger partial charge is 0.464 e. The zero-order chi connectivity index (χ0) is 38.2. The fourth-order valence-electron chi connectivity index (χ4n) is 8.93. The maximum absolute atomic E-state index is 6.00. The standard InChI is InChI=1S/C54H33N3O/c1-4-13-34(14-5-1)38-24-26-50-47(29-38)48-31-45-42-21-11-10-20-41(42)44-30-39(40-22-12-19-36-27-28-58-53(36)40)23-25-43(44)46(45)32-51(48)57(50)52-33-49(35-15-6-2-7-16-35)55-54(56-52)37-17-8-3-9-18-37/h1-33H. The smallest absolute Gasteiger partial charge is 0.162 e. The maximum atomic E-state index is 6.00. The molecule has 12 rings (SSSR count). The van der Waals surface area contributed by atoms with Crippen molar-refractivity contribution in [2.75, 3.05) is 0 Å². The van der Waals surface area contributed by atoms with E-state index in [1.807, 2.05) is 30.3 Å². The number of furan rings is 1. The summed E-state index contributed by atoms with van der Waals surface area (Å²) in [4.78, 5) is 10.5. The molecule has 4 nitrogen and oxygen atoms in total. The topological polar surface area (TPSA) is 43.9 Å². The van der Waals surface area contributed by atoms with Gasteiger partial charge in [0, 0.05) is 38.9 Å². The van der Waals surface area contributed by atoms with Gasteiger partial charge in [-0.05, 0) is 85.4 Å². The van der Waals surface area contributed by atoms with E-state index in [0.29, 0.717) is 5.82 Å². The molecule has 0 spiro atoms. The third-order valence-corrected chi connectivity index (χ3v) is 11.7. The van der Waals surface area contributed by atoms with Crippen LogP contribution in [0.1, 0.15) is 0 Å². The van der Waals surface area contributed by atoms with Gasteiger partial charge in [-0.15, -0.1) is 0 Å². The second-order valence-electron chi connectivity index (χ2n) is 15.0. The van der Waals surface area contributed by atoms with Crippen LogP contribution in [0.5, 0.6) is 0 Å². The summed E-state index contributed by atoms with van der Waals surface area (Å²) >= 11 is 0. The molecule has 0 amide bonds. The van der Waals surface area contributed by atoms with Crippen LogP contribution < -0.4 is 0 Å². The number of hydrogen-bond donors (Lipinski definition) is 0. The second-order valence-corrected chi connectivity index (χ2v) is 15.0. The van der Waals surface area contributed by atoms with Crippen LogP contribution in [0.4, 0.5) is 0 Å². The summed E-state index contributed by atoms with van der Waals surface area (Å²) in [5, 5.41) is 10.7. The van der Waals surface area contributed by atoms with Gasteiger partial charge in [0.05, 0.1) is 23.0 Å². The Morgan fingerprint density at radius 2 is 0.983 bits per heavy atom. The van der Waals surface area contributed by atoms with Crippen molar-refractivity contribution in [2.24, 2.45) is 0 Å². The average Bonchev–Trinajstić information content (AvgIpc) is 3.92. The van der Waals surface area contributed by atoms with Gasteiger partial charge < -0.3 is 4.42 Å². The summed E-state index contributed by atoms with van der Waals surface area (Å²) in [5.74, 6) is 1.50. The highest BCUT2D eigenvalue weighted by Gasteiger charge is 2.20. The van der Waals surface area contributed by atoms with E-state index >= 15 is 0 Å². The number of hydrogen-bond acceptors (Lipinski definition) is 3. The Morgan fingerprint density at radius 3 is 1.76 bits per heavy atom. The van der Waals surface area contributed by atoms with Crippen LogP contribution in [0.3, 0.4) is 0 Å². The molecular weight excluding hydrogens is 707 g/mol. The van der Waals surface area contributed by atoms with E-state index in [9.17, 15) is 0 Å². The van der Waals surface area contributed by atoms with Gasteiger partial charge >= 0.3 is 0 Å². The highest BCUT2D eigenvalue weighted by Crippen LogP contribution is 2.43. The Hall–Kier alpha value is -7.82. The lowest BCUT2D eigenvalue weighted by Gasteiger charge is -2.14. The molecule has 0 saturated heterocycles. The molecule has 58 heavy (non-hydrogen) atoms. The molecule has 0 atom stereocenters. The molecule has 0 fully saturated rings. The van der Waals surface area contributed by atoms with Crippen molar-refractivity contribution in [3.63, 3.8) is 0 Å². The van der Waals surface area contributed by atoms with Crippen molar-refractivity contribution in [1.82, 2.24) is 14.5 Å². The highest BCUT2D eigenvalue weighted by molar-refractivity contribution is 6.29. The Morgan fingerprint density at radius 1 is 0.362 bits per heavy atom. The third kappa shape index (κ3) is 5.09. The quantitative estimate of drug-likeness (QED) is 0.165. The predicted molar refractivity (Wildman–Crippen MR) is 240 cm³/mol. The zero-order valence-electron chi connectivity index (χ0n) is 31.3. The third-order valence-electron chi connectivity index (χ3n) is 11.7. The molecule has 0 aliphatic heterocycles. The summed E-state index contributed by atoms with van der Waals surface area (Å²) in [6.07, 6.45) is 1.77. The number of para-hydroxylation sites is 1. The lowest BCUT2D eigenvalue weighted by atomic mass is 9.91. The average molecular weight is 740 g/mol. The summed E-state index contributed by atoms with van der Waals surface area (Å²) in [6.45, 7) is 0. The zero-order valence-corrected chi connectivity index (χ0v) is 31.3.